The molecule has 0 rings (SSSR count). The van der Waals surface area contributed by atoms with E-state index in [-0.39, 0.29) is 29.1 Å². The second kappa shape index (κ2) is 7.34. The van der Waals surface area contributed by atoms with Crippen LogP contribution in [0.2, 0.25) is 0 Å². The maximum absolute atomic E-state index is 11.2. The number of carbonyl (C=O) groups is 2. The number of hydrogen-bond donors (Lipinski definition) is 2. The number of carbonyl (C=O) groups excluding carboxylic acids is 2. The third-order valence-corrected chi connectivity index (χ3v) is 2.08. The predicted molar refractivity (Wildman–Crippen MR) is 61.9 cm³/mol. The SMILES string of the molecule is CC(=O)NCCC(C)CC(=O)CC(O)=S. The number of rotatable bonds is 7. The fraction of sp³-hybridized carbons (Fsp3) is 0.700. The first-order chi connectivity index (χ1) is 6.91. The molecule has 0 aliphatic carbocycles. The lowest BCUT2D eigenvalue weighted by atomic mass is 10.00. The molecule has 0 bridgehead atoms. The van der Waals surface area contributed by atoms with Crippen LogP contribution in [0, 0.1) is 5.92 Å². The normalized spacial score (nSPS) is 11.9. The fourth-order valence-corrected chi connectivity index (χ4v) is 1.39. The zero-order valence-electron chi connectivity index (χ0n) is 9.08. The Morgan fingerprint density at radius 1 is 1.47 bits per heavy atom. The van der Waals surface area contributed by atoms with E-state index in [9.17, 15) is 9.59 Å². The summed E-state index contributed by atoms with van der Waals surface area (Å²) in [5.41, 5.74) is 0. The molecule has 0 heterocycles. The molecule has 1 atom stereocenters. The highest BCUT2D eigenvalue weighted by atomic mass is 32.1. The maximum atomic E-state index is 11.2. The molecule has 0 aromatic rings. The summed E-state index contributed by atoms with van der Waals surface area (Å²) in [7, 11) is 0. The average Bonchev–Trinajstić information content (AvgIpc) is 2.00. The second-order valence-corrected chi connectivity index (χ2v) is 4.16. The Morgan fingerprint density at radius 2 is 2.07 bits per heavy atom. The first-order valence-electron chi connectivity index (χ1n) is 4.89. The lowest BCUT2D eigenvalue weighted by molar-refractivity contribution is -0.119. The van der Waals surface area contributed by atoms with Crippen LogP contribution in [0.4, 0.5) is 0 Å². The van der Waals surface area contributed by atoms with Gasteiger partial charge in [0.05, 0.1) is 6.42 Å². The minimum atomic E-state index is -0.255. The minimum absolute atomic E-state index is 0.0419. The van der Waals surface area contributed by atoms with Gasteiger partial charge in [0.25, 0.3) is 0 Å². The molecule has 0 spiro atoms. The molecule has 2 N–H and O–H groups in total. The Kier molecular flexibility index (Phi) is 6.86. The third-order valence-electron chi connectivity index (χ3n) is 1.94. The molecule has 0 fully saturated rings. The van der Waals surface area contributed by atoms with E-state index in [4.69, 9.17) is 5.11 Å². The summed E-state index contributed by atoms with van der Waals surface area (Å²) in [5.74, 6) is 0.0709. The number of aliphatic hydroxyl groups is 1. The van der Waals surface area contributed by atoms with E-state index in [2.05, 4.69) is 17.5 Å². The largest absolute Gasteiger partial charge is 0.502 e. The summed E-state index contributed by atoms with van der Waals surface area (Å²) in [5, 5.41) is 11.1. The predicted octanol–water partition coefficient (Wildman–Crippen LogP) is 1.38. The number of Topliss-reactive ketones (excluding diaryl/α,β-unsaturated/α-hetero) is 1. The third kappa shape index (κ3) is 9.34. The Morgan fingerprint density at radius 3 is 2.53 bits per heavy atom. The van der Waals surface area contributed by atoms with E-state index in [1.165, 1.54) is 6.92 Å². The van der Waals surface area contributed by atoms with Gasteiger partial charge in [-0.1, -0.05) is 6.92 Å². The van der Waals surface area contributed by atoms with Gasteiger partial charge in [-0.05, 0) is 24.6 Å². The first kappa shape index (κ1) is 14.0. The molecule has 4 nitrogen and oxygen atoms in total. The van der Waals surface area contributed by atoms with Gasteiger partial charge in [-0.3, -0.25) is 9.59 Å². The van der Waals surface area contributed by atoms with Gasteiger partial charge in [-0.15, -0.1) is 0 Å². The van der Waals surface area contributed by atoms with Crippen molar-refractivity contribution >= 4 is 29.0 Å². The summed E-state index contributed by atoms with van der Waals surface area (Å²) < 4.78 is 0. The lowest BCUT2D eigenvalue weighted by Gasteiger charge is -2.09. The molecule has 0 aliphatic rings. The molecule has 0 saturated heterocycles. The number of thiocarbonyl (C=S) groups is 1. The summed E-state index contributed by atoms with van der Waals surface area (Å²) in [6.45, 7) is 3.97. The number of ketones is 1. The van der Waals surface area contributed by atoms with Crippen LogP contribution >= 0.6 is 12.2 Å². The van der Waals surface area contributed by atoms with E-state index in [0.717, 1.165) is 6.42 Å². The summed E-state index contributed by atoms with van der Waals surface area (Å²) in [4.78, 5) is 21.8. The van der Waals surface area contributed by atoms with Crippen molar-refractivity contribution in [2.75, 3.05) is 6.54 Å². The molecule has 5 heteroatoms. The second-order valence-electron chi connectivity index (χ2n) is 3.69. The summed E-state index contributed by atoms with van der Waals surface area (Å²) in [6.07, 6.45) is 1.10. The average molecular weight is 231 g/mol. The van der Waals surface area contributed by atoms with E-state index in [0.29, 0.717) is 13.0 Å². The number of nitrogens with one attached hydrogen (secondary N) is 1. The van der Waals surface area contributed by atoms with Crippen LogP contribution in [0.5, 0.6) is 0 Å². The Labute approximate surface area is 95.0 Å². The zero-order valence-corrected chi connectivity index (χ0v) is 9.89. The smallest absolute Gasteiger partial charge is 0.216 e. The van der Waals surface area contributed by atoms with Gasteiger partial charge in [0.1, 0.15) is 5.78 Å². The Bertz CT molecular complexity index is 253. The van der Waals surface area contributed by atoms with E-state index < -0.39 is 0 Å². The van der Waals surface area contributed by atoms with Gasteiger partial charge in [-0.2, -0.15) is 0 Å². The van der Waals surface area contributed by atoms with Crippen LogP contribution in [-0.2, 0) is 9.59 Å². The van der Waals surface area contributed by atoms with Gasteiger partial charge in [0, 0.05) is 19.9 Å². The number of amides is 1. The molecular weight excluding hydrogens is 214 g/mol. The van der Waals surface area contributed by atoms with E-state index in [1.54, 1.807) is 0 Å². The highest BCUT2D eigenvalue weighted by Crippen LogP contribution is 2.08. The first-order valence-corrected chi connectivity index (χ1v) is 5.30. The van der Waals surface area contributed by atoms with Crippen molar-refractivity contribution in [3.05, 3.63) is 0 Å². The molecule has 15 heavy (non-hydrogen) atoms. The van der Waals surface area contributed by atoms with Crippen LogP contribution in [0.3, 0.4) is 0 Å². The summed E-state index contributed by atoms with van der Waals surface area (Å²) >= 11 is 4.42. The van der Waals surface area contributed by atoms with Crippen LogP contribution in [0.1, 0.15) is 33.1 Å². The summed E-state index contributed by atoms with van der Waals surface area (Å²) in [6, 6.07) is 0. The zero-order chi connectivity index (χ0) is 11.8. The molecule has 0 aliphatic heterocycles. The van der Waals surface area contributed by atoms with Crippen molar-refractivity contribution in [2.45, 2.75) is 33.1 Å². The number of hydrogen-bond acceptors (Lipinski definition) is 3. The van der Waals surface area contributed by atoms with Crippen LogP contribution in [0.25, 0.3) is 0 Å². The van der Waals surface area contributed by atoms with Crippen molar-refractivity contribution in [3.8, 4) is 0 Å². The highest BCUT2D eigenvalue weighted by molar-refractivity contribution is 7.80. The van der Waals surface area contributed by atoms with Crippen LogP contribution in [-0.4, -0.2) is 28.4 Å². The standard InChI is InChI=1S/C10H17NO3S/c1-7(3-4-11-8(2)12)5-9(13)6-10(14)15/h7H,3-6H2,1-2H3,(H,11,12)(H,14,15). The molecular formula is C10H17NO3S. The minimum Gasteiger partial charge on any atom is -0.502 e. The van der Waals surface area contributed by atoms with Gasteiger partial charge in [0.15, 0.2) is 5.05 Å². The van der Waals surface area contributed by atoms with E-state index >= 15 is 0 Å². The molecule has 0 aromatic heterocycles. The molecule has 1 amide bonds. The molecule has 1 unspecified atom stereocenters. The Hall–Kier alpha value is -0.970. The van der Waals surface area contributed by atoms with Gasteiger partial charge < -0.3 is 10.4 Å². The van der Waals surface area contributed by atoms with Gasteiger partial charge in [-0.25, -0.2) is 0 Å². The van der Waals surface area contributed by atoms with Crippen LogP contribution in [0.15, 0.2) is 0 Å². The van der Waals surface area contributed by atoms with Crippen molar-refractivity contribution in [2.24, 2.45) is 5.92 Å². The highest BCUT2D eigenvalue weighted by Gasteiger charge is 2.10. The molecule has 0 aromatic carbocycles. The monoisotopic (exact) mass is 231 g/mol. The quantitative estimate of drug-likeness (QED) is 0.650. The maximum Gasteiger partial charge on any atom is 0.216 e. The van der Waals surface area contributed by atoms with Gasteiger partial charge in [0.2, 0.25) is 5.91 Å². The van der Waals surface area contributed by atoms with E-state index in [1.807, 2.05) is 6.92 Å². The Balaban J connectivity index is 3.64. The van der Waals surface area contributed by atoms with Crippen LogP contribution < -0.4 is 5.32 Å². The van der Waals surface area contributed by atoms with Crippen molar-refractivity contribution in [1.82, 2.24) is 5.32 Å². The molecule has 0 saturated carbocycles. The molecule has 0 radical (unpaired) electrons. The van der Waals surface area contributed by atoms with Gasteiger partial charge >= 0.3 is 0 Å². The topological polar surface area (TPSA) is 66.4 Å². The van der Waals surface area contributed by atoms with Crippen molar-refractivity contribution in [1.29, 1.82) is 0 Å². The number of aliphatic hydroxyl groups excluding tert-OH is 1. The lowest BCUT2D eigenvalue weighted by Crippen LogP contribution is -2.23. The fourth-order valence-electron chi connectivity index (χ4n) is 1.23. The molecule has 86 valence electrons. The van der Waals surface area contributed by atoms with Crippen molar-refractivity contribution < 1.29 is 14.7 Å². The van der Waals surface area contributed by atoms with Crippen molar-refractivity contribution in [3.63, 3.8) is 0 Å².